The van der Waals surface area contributed by atoms with Gasteiger partial charge < -0.3 is 15.0 Å². The fourth-order valence-electron chi connectivity index (χ4n) is 3.65. The van der Waals surface area contributed by atoms with Crippen molar-refractivity contribution in [2.75, 3.05) is 19.0 Å². The fraction of sp³-hybridized carbons (Fsp3) is 0.476. The number of aromatic nitrogens is 2. The maximum atomic E-state index is 13.4. The Morgan fingerprint density at radius 1 is 1.30 bits per heavy atom. The second kappa shape index (κ2) is 8.51. The lowest BCUT2D eigenvalue weighted by molar-refractivity contribution is 0.0753. The van der Waals surface area contributed by atoms with Gasteiger partial charge in [0.1, 0.15) is 0 Å². The van der Waals surface area contributed by atoms with Crippen LogP contribution in [0.25, 0.3) is 0 Å². The zero-order valence-corrected chi connectivity index (χ0v) is 17.5. The second-order valence-electron chi connectivity index (χ2n) is 8.42. The van der Waals surface area contributed by atoms with Gasteiger partial charge in [-0.1, -0.05) is 13.8 Å². The minimum Gasteiger partial charge on any atom is -0.384 e. The zero-order chi connectivity index (χ0) is 22.1. The van der Waals surface area contributed by atoms with Gasteiger partial charge in [0.15, 0.2) is 17.4 Å². The topological polar surface area (TPSA) is 76.5 Å². The van der Waals surface area contributed by atoms with E-state index in [4.69, 9.17) is 4.74 Å². The summed E-state index contributed by atoms with van der Waals surface area (Å²) in [5.74, 6) is -2.08. The maximum absolute atomic E-state index is 13.4. The van der Waals surface area contributed by atoms with E-state index in [1.54, 1.807) is 22.9 Å². The molecule has 0 radical (unpaired) electrons. The van der Waals surface area contributed by atoms with Crippen molar-refractivity contribution in [1.29, 1.82) is 0 Å². The summed E-state index contributed by atoms with van der Waals surface area (Å²) in [6, 6.07) is 2.52. The minimum atomic E-state index is -1.04. The van der Waals surface area contributed by atoms with E-state index in [0.29, 0.717) is 24.4 Å². The van der Waals surface area contributed by atoms with Crippen molar-refractivity contribution in [3.05, 3.63) is 47.3 Å². The first kappa shape index (κ1) is 21.9. The number of urea groups is 1. The summed E-state index contributed by atoms with van der Waals surface area (Å²) in [4.78, 5) is 27.2. The van der Waals surface area contributed by atoms with Crippen LogP contribution in [-0.2, 0) is 17.8 Å². The Hall–Kier alpha value is -2.81. The normalized spacial score (nSPS) is 16.3. The molecule has 1 atom stereocenters. The summed E-state index contributed by atoms with van der Waals surface area (Å²) >= 11 is 0. The Kier molecular flexibility index (Phi) is 6.21. The van der Waals surface area contributed by atoms with Gasteiger partial charge in [0.25, 0.3) is 0 Å². The van der Waals surface area contributed by atoms with E-state index >= 15 is 0 Å². The molecule has 3 rings (SSSR count). The summed E-state index contributed by atoms with van der Waals surface area (Å²) < 4.78 is 33.5. The Labute approximate surface area is 174 Å². The molecular weight excluding hydrogens is 394 g/mol. The highest BCUT2D eigenvalue weighted by Gasteiger charge is 2.32. The minimum absolute atomic E-state index is 0.0613. The number of fused-ring (bicyclic) bond motifs is 1. The van der Waals surface area contributed by atoms with E-state index in [2.05, 4.69) is 10.4 Å². The van der Waals surface area contributed by atoms with Gasteiger partial charge >= 0.3 is 6.03 Å². The standard InChI is InChI=1S/C21H26F2N4O3/c1-13-10-27-18(15(9-24-27)19(28)8-21(2,3)12-30-4)11-26(13)20(29)25-14-5-6-16(22)17(23)7-14/h5-7,9,13H,8,10-12H2,1-4H3,(H,25,29)/t13-/m1/s1. The number of Topliss-reactive ketones (excluding diaryl/α,β-unsaturated/α-hetero) is 1. The molecule has 0 spiro atoms. The van der Waals surface area contributed by atoms with Crippen molar-refractivity contribution in [2.45, 2.75) is 46.3 Å². The van der Waals surface area contributed by atoms with Crippen molar-refractivity contribution in [3.63, 3.8) is 0 Å². The summed E-state index contributed by atoms with van der Waals surface area (Å²) in [6.07, 6.45) is 1.83. The van der Waals surface area contributed by atoms with Crippen LogP contribution in [0.2, 0.25) is 0 Å². The van der Waals surface area contributed by atoms with Crippen LogP contribution in [0.3, 0.4) is 0 Å². The Morgan fingerprint density at radius 2 is 2.03 bits per heavy atom. The van der Waals surface area contributed by atoms with Gasteiger partial charge in [-0.15, -0.1) is 0 Å². The lowest BCUT2D eigenvalue weighted by atomic mass is 9.86. The van der Waals surface area contributed by atoms with Crippen molar-refractivity contribution in [3.8, 4) is 0 Å². The first-order valence-electron chi connectivity index (χ1n) is 9.71. The molecule has 0 bridgehead atoms. The maximum Gasteiger partial charge on any atom is 0.322 e. The number of hydrogen-bond acceptors (Lipinski definition) is 4. The molecule has 1 aromatic carbocycles. The van der Waals surface area contributed by atoms with E-state index < -0.39 is 17.7 Å². The van der Waals surface area contributed by atoms with E-state index in [1.807, 2.05) is 20.8 Å². The molecule has 0 saturated carbocycles. The number of rotatable bonds is 6. The number of benzene rings is 1. The highest BCUT2D eigenvalue weighted by atomic mass is 19.2. The van der Waals surface area contributed by atoms with Crippen LogP contribution >= 0.6 is 0 Å². The predicted molar refractivity (Wildman–Crippen MR) is 107 cm³/mol. The molecule has 0 saturated heterocycles. The predicted octanol–water partition coefficient (Wildman–Crippen LogP) is 3.84. The van der Waals surface area contributed by atoms with Crippen LogP contribution in [0.15, 0.2) is 24.4 Å². The molecule has 1 aliphatic heterocycles. The molecule has 162 valence electrons. The fourth-order valence-corrected chi connectivity index (χ4v) is 3.65. The van der Waals surface area contributed by atoms with Gasteiger partial charge in [0, 0.05) is 25.3 Å². The molecule has 30 heavy (non-hydrogen) atoms. The smallest absolute Gasteiger partial charge is 0.322 e. The highest BCUT2D eigenvalue weighted by Crippen LogP contribution is 2.27. The number of ether oxygens (including phenoxy) is 1. The van der Waals surface area contributed by atoms with Crippen molar-refractivity contribution in [2.24, 2.45) is 5.41 Å². The first-order valence-corrected chi connectivity index (χ1v) is 9.71. The number of halogens is 2. The molecule has 2 heterocycles. The molecule has 9 heteroatoms. The van der Waals surface area contributed by atoms with Crippen LogP contribution in [0.4, 0.5) is 19.3 Å². The van der Waals surface area contributed by atoms with E-state index in [9.17, 15) is 18.4 Å². The zero-order valence-electron chi connectivity index (χ0n) is 17.5. The third-order valence-electron chi connectivity index (χ3n) is 5.14. The van der Waals surface area contributed by atoms with Gasteiger partial charge in [-0.2, -0.15) is 5.10 Å². The lowest BCUT2D eigenvalue weighted by Gasteiger charge is -2.34. The Morgan fingerprint density at radius 3 is 2.70 bits per heavy atom. The van der Waals surface area contributed by atoms with Crippen LogP contribution in [-0.4, -0.2) is 46.3 Å². The number of ketones is 1. The van der Waals surface area contributed by atoms with E-state index in [0.717, 1.165) is 12.1 Å². The molecule has 0 fully saturated rings. The third-order valence-corrected chi connectivity index (χ3v) is 5.14. The summed E-state index contributed by atoms with van der Waals surface area (Å²) in [5.41, 5.74) is 0.970. The molecule has 1 aliphatic rings. The van der Waals surface area contributed by atoms with Gasteiger partial charge in [-0.3, -0.25) is 9.48 Å². The number of methoxy groups -OCH3 is 1. The van der Waals surface area contributed by atoms with Crippen molar-refractivity contribution < 1.29 is 23.1 Å². The summed E-state index contributed by atoms with van der Waals surface area (Å²) in [5, 5.41) is 6.90. The van der Waals surface area contributed by atoms with Crippen molar-refractivity contribution in [1.82, 2.24) is 14.7 Å². The molecule has 0 unspecified atom stereocenters. The number of amides is 2. The SMILES string of the molecule is COCC(C)(C)CC(=O)c1cnn2c1CN(C(=O)Nc1ccc(F)c(F)c1)[C@H](C)C2. The molecule has 0 aliphatic carbocycles. The van der Waals surface area contributed by atoms with Crippen LogP contribution in [0.5, 0.6) is 0 Å². The number of carbonyl (C=O) groups is 2. The first-order chi connectivity index (χ1) is 14.1. The molecular formula is C21H26F2N4O3. The average Bonchev–Trinajstić information content (AvgIpc) is 3.06. The molecule has 2 amide bonds. The Balaban J connectivity index is 1.77. The number of carbonyl (C=O) groups excluding carboxylic acids is 2. The quantitative estimate of drug-likeness (QED) is 0.721. The molecule has 2 aromatic rings. The Bertz CT molecular complexity index is 958. The van der Waals surface area contributed by atoms with Crippen LogP contribution < -0.4 is 5.32 Å². The van der Waals surface area contributed by atoms with Gasteiger partial charge in [0.2, 0.25) is 0 Å². The number of anilines is 1. The molecule has 1 aromatic heterocycles. The lowest BCUT2D eigenvalue weighted by Crippen LogP contribution is -2.47. The van der Waals surface area contributed by atoms with Gasteiger partial charge in [-0.25, -0.2) is 13.6 Å². The summed E-state index contributed by atoms with van der Waals surface area (Å²) in [7, 11) is 1.60. The largest absolute Gasteiger partial charge is 0.384 e. The number of nitrogens with one attached hydrogen (secondary N) is 1. The molecule has 7 nitrogen and oxygen atoms in total. The molecule has 1 N–H and O–H groups in total. The number of nitrogens with zero attached hydrogens (tertiary/aromatic N) is 3. The second-order valence-corrected chi connectivity index (χ2v) is 8.42. The number of hydrogen-bond donors (Lipinski definition) is 1. The highest BCUT2D eigenvalue weighted by molar-refractivity contribution is 5.97. The van der Waals surface area contributed by atoms with Crippen molar-refractivity contribution >= 4 is 17.5 Å². The van der Waals surface area contributed by atoms with E-state index in [1.165, 1.54) is 6.07 Å². The average molecular weight is 420 g/mol. The third kappa shape index (κ3) is 4.67. The summed E-state index contributed by atoms with van der Waals surface area (Å²) in [6.45, 7) is 6.82. The van der Waals surface area contributed by atoms with Crippen LogP contribution in [0.1, 0.15) is 43.2 Å². The van der Waals surface area contributed by atoms with Gasteiger partial charge in [0.05, 0.1) is 43.2 Å². The van der Waals surface area contributed by atoms with E-state index in [-0.39, 0.29) is 35.9 Å². The van der Waals surface area contributed by atoms with Crippen LogP contribution in [0, 0.1) is 17.0 Å². The monoisotopic (exact) mass is 420 g/mol. The van der Waals surface area contributed by atoms with Gasteiger partial charge in [-0.05, 0) is 24.5 Å².